The van der Waals surface area contributed by atoms with E-state index in [1.165, 1.54) is 29.8 Å². The number of rotatable bonds is 8. The Morgan fingerprint density at radius 1 is 0.983 bits per heavy atom. The molecule has 9 rings (SSSR count). The Balaban J connectivity index is 1.22. The predicted molar refractivity (Wildman–Crippen MR) is 216 cm³/mol. The van der Waals surface area contributed by atoms with Gasteiger partial charge in [-0.3, -0.25) is 0 Å². The first kappa shape index (κ1) is 38.5. The van der Waals surface area contributed by atoms with Gasteiger partial charge >= 0.3 is 5.97 Å². The van der Waals surface area contributed by atoms with Gasteiger partial charge in [0.1, 0.15) is 53.2 Å². The fraction of sp³-hybridized carbons (Fsp3) is 0.186. The number of halogens is 2. The Hall–Kier alpha value is -6.35. The number of aromatic nitrogens is 4. The van der Waals surface area contributed by atoms with E-state index in [1.807, 2.05) is 37.3 Å². The number of thiophene rings is 1. The third-order valence-electron chi connectivity index (χ3n) is 9.52. The van der Waals surface area contributed by atoms with E-state index >= 15 is 0 Å². The average Bonchev–Trinajstić information content (AvgIpc) is 3.63. The van der Waals surface area contributed by atoms with Crippen LogP contribution < -0.4 is 23.7 Å². The van der Waals surface area contributed by atoms with E-state index in [-0.39, 0.29) is 37.1 Å². The number of nitrogens with zero attached hydrogens (tertiary/aromatic N) is 4. The molecular weight excluding hydrogens is 787 g/mol. The maximum absolute atomic E-state index is 14.1. The van der Waals surface area contributed by atoms with Gasteiger partial charge in [-0.25, -0.2) is 29.1 Å². The Bertz CT molecular complexity index is 2640. The minimum Gasteiger partial charge on any atom is -0.496 e. The molecule has 2 atom stereocenters. The molecule has 0 saturated carbocycles. The number of methoxy groups -OCH3 is 1. The van der Waals surface area contributed by atoms with Crippen LogP contribution in [0.15, 0.2) is 97.5 Å². The maximum atomic E-state index is 14.1. The Morgan fingerprint density at radius 2 is 1.81 bits per heavy atom. The maximum Gasteiger partial charge on any atom is 0.345 e. The van der Waals surface area contributed by atoms with E-state index in [2.05, 4.69) is 15.0 Å². The van der Waals surface area contributed by atoms with Gasteiger partial charge in [-0.05, 0) is 78.2 Å². The molecule has 294 valence electrons. The molecule has 0 aliphatic carbocycles. The van der Waals surface area contributed by atoms with Gasteiger partial charge in [0.15, 0.2) is 11.9 Å². The quantitative estimate of drug-likeness (QED) is 0.151. The molecule has 0 amide bonds. The van der Waals surface area contributed by atoms with E-state index in [4.69, 9.17) is 40.3 Å². The molecule has 2 N–H and O–H groups in total. The lowest BCUT2D eigenvalue weighted by atomic mass is 9.96. The molecule has 15 heteroatoms. The summed E-state index contributed by atoms with van der Waals surface area (Å²) < 4.78 is 44.5. The molecule has 58 heavy (non-hydrogen) atoms. The second kappa shape index (κ2) is 16.6. The van der Waals surface area contributed by atoms with Crippen LogP contribution in [0.5, 0.6) is 28.9 Å². The van der Waals surface area contributed by atoms with E-state index < -0.39 is 24.0 Å². The summed E-state index contributed by atoms with van der Waals surface area (Å²) in [6.07, 6.45) is 0.475. The number of ether oxygens (including phenoxy) is 5. The van der Waals surface area contributed by atoms with Gasteiger partial charge in [-0.1, -0.05) is 41.9 Å². The minimum absolute atomic E-state index is 0.0190. The summed E-state index contributed by atoms with van der Waals surface area (Å²) in [6, 6.07) is 23.7. The summed E-state index contributed by atoms with van der Waals surface area (Å²) in [5, 5.41) is 21.7. The van der Waals surface area contributed by atoms with Crippen LogP contribution in [-0.4, -0.2) is 68.6 Å². The summed E-state index contributed by atoms with van der Waals surface area (Å²) in [7, 11) is 1.58. The van der Waals surface area contributed by atoms with Crippen molar-refractivity contribution in [2.45, 2.75) is 32.2 Å². The number of para-hydroxylation sites is 1. The SMILES string of the molecule is COc1ccccc1-c1nccc(COc2ccc3cc2C[C@H](C(=O)O)Oc2ncnc4sc(-c5ccc(F)cc5)c(c24)-c2ccc(c(Cl)c2C)O[C@H](CO)CO3)n1. The Kier molecular flexibility index (Phi) is 11.0. The third kappa shape index (κ3) is 7.81. The van der Waals surface area contributed by atoms with Crippen molar-refractivity contribution in [3.05, 3.63) is 125 Å². The van der Waals surface area contributed by atoms with Gasteiger partial charge in [0.05, 0.1) is 35.4 Å². The largest absolute Gasteiger partial charge is 0.496 e. The molecule has 0 saturated heterocycles. The molecule has 12 nitrogen and oxygen atoms in total. The number of carboxylic acid groups (broad SMARTS) is 1. The molecule has 2 aliphatic rings. The predicted octanol–water partition coefficient (Wildman–Crippen LogP) is 8.38. The molecule has 4 bridgehead atoms. The first-order valence-electron chi connectivity index (χ1n) is 18.0. The number of hydrogen-bond acceptors (Lipinski definition) is 12. The lowest BCUT2D eigenvalue weighted by Crippen LogP contribution is -2.30. The van der Waals surface area contributed by atoms with Crippen molar-refractivity contribution in [1.82, 2.24) is 19.9 Å². The summed E-state index contributed by atoms with van der Waals surface area (Å²) in [5.41, 5.74) is 4.32. The van der Waals surface area contributed by atoms with E-state index in [1.54, 1.807) is 55.8 Å². The number of aliphatic hydroxyl groups excluding tert-OH is 1. The minimum atomic E-state index is -1.47. The molecule has 0 spiro atoms. The monoisotopic (exact) mass is 820 g/mol. The van der Waals surface area contributed by atoms with Gasteiger partial charge in [-0.2, -0.15) is 0 Å². The Morgan fingerprint density at radius 3 is 2.60 bits per heavy atom. The van der Waals surface area contributed by atoms with Crippen molar-refractivity contribution < 1.29 is 43.1 Å². The Labute approximate surface area is 340 Å². The van der Waals surface area contributed by atoms with Gasteiger partial charge < -0.3 is 33.9 Å². The molecule has 3 aromatic heterocycles. The summed E-state index contributed by atoms with van der Waals surface area (Å²) in [6.45, 7) is 1.38. The van der Waals surface area contributed by atoms with Crippen LogP contribution in [0, 0.1) is 12.7 Å². The van der Waals surface area contributed by atoms with Gasteiger partial charge in [0.2, 0.25) is 12.0 Å². The zero-order valence-corrected chi connectivity index (χ0v) is 32.6. The molecule has 2 aliphatic heterocycles. The zero-order chi connectivity index (χ0) is 40.3. The highest BCUT2D eigenvalue weighted by Crippen LogP contribution is 2.49. The molecule has 0 unspecified atom stereocenters. The van der Waals surface area contributed by atoms with Crippen LogP contribution >= 0.6 is 22.9 Å². The van der Waals surface area contributed by atoms with Crippen LogP contribution in [0.3, 0.4) is 0 Å². The van der Waals surface area contributed by atoms with E-state index in [0.717, 1.165) is 0 Å². The third-order valence-corrected chi connectivity index (χ3v) is 11.1. The van der Waals surface area contributed by atoms with E-state index in [0.29, 0.717) is 83.0 Å². The molecule has 4 aromatic carbocycles. The van der Waals surface area contributed by atoms with Gasteiger partial charge in [-0.15, -0.1) is 11.3 Å². The first-order chi connectivity index (χ1) is 28.2. The number of carbonyl (C=O) groups is 1. The van der Waals surface area contributed by atoms with Crippen LogP contribution in [0.4, 0.5) is 4.39 Å². The molecular formula is C43H34ClFN4O8S. The van der Waals surface area contributed by atoms with Crippen molar-refractivity contribution in [3.63, 3.8) is 0 Å². The first-order valence-corrected chi connectivity index (χ1v) is 19.2. The molecule has 0 radical (unpaired) electrons. The summed E-state index contributed by atoms with van der Waals surface area (Å²) >= 11 is 8.28. The van der Waals surface area contributed by atoms with Crippen molar-refractivity contribution >= 4 is 39.1 Å². The summed E-state index contributed by atoms with van der Waals surface area (Å²) in [5.74, 6) is 0.474. The van der Waals surface area contributed by atoms with Crippen molar-refractivity contribution in [2.75, 3.05) is 20.3 Å². The number of fused-ring (bicyclic) bond motifs is 7. The fourth-order valence-electron chi connectivity index (χ4n) is 6.62. The number of aliphatic carboxylic acids is 1. The fourth-order valence-corrected chi connectivity index (χ4v) is 7.98. The van der Waals surface area contributed by atoms with Crippen LogP contribution in [0.2, 0.25) is 5.02 Å². The summed E-state index contributed by atoms with van der Waals surface area (Å²) in [4.78, 5) is 32.4. The molecule has 0 fully saturated rings. The second-order valence-corrected chi connectivity index (χ2v) is 14.6. The standard InChI is InChI=1S/C43H34ClFN4O8S/c1-23-30-12-14-34(38(23)44)56-29(19-50)21-54-28-11-13-32(55-20-27-15-16-46-40(49-27)31-5-3-4-6-33(31)53-2)25(17-28)18-35(43(51)52)57-41-37-36(30)39(58-42(37)48-22-47-41)24-7-9-26(45)10-8-24/h3-17,22,29,35,50H,18-21H2,1-2H3,(H,51,52)/t29-,35-/m1/s1. The van der Waals surface area contributed by atoms with Crippen LogP contribution in [0.25, 0.3) is 43.2 Å². The lowest BCUT2D eigenvalue weighted by Gasteiger charge is -2.21. The topological polar surface area (TPSA) is 155 Å². The highest BCUT2D eigenvalue weighted by atomic mass is 35.5. The van der Waals surface area contributed by atoms with Crippen molar-refractivity contribution in [1.29, 1.82) is 0 Å². The molecule has 7 aromatic rings. The van der Waals surface area contributed by atoms with Crippen molar-refractivity contribution in [2.24, 2.45) is 0 Å². The van der Waals surface area contributed by atoms with Crippen molar-refractivity contribution in [3.8, 4) is 61.8 Å². The number of benzene rings is 4. The number of hydrogen-bond donors (Lipinski definition) is 2. The van der Waals surface area contributed by atoms with E-state index in [9.17, 15) is 19.4 Å². The van der Waals surface area contributed by atoms with Crippen LogP contribution in [-0.2, 0) is 17.8 Å². The molecule has 5 heterocycles. The number of carboxylic acids is 1. The highest BCUT2D eigenvalue weighted by molar-refractivity contribution is 7.22. The zero-order valence-electron chi connectivity index (χ0n) is 31.0. The smallest absolute Gasteiger partial charge is 0.345 e. The van der Waals surface area contributed by atoms with Gasteiger partial charge in [0.25, 0.3) is 0 Å². The lowest BCUT2D eigenvalue weighted by molar-refractivity contribution is -0.145. The highest BCUT2D eigenvalue weighted by Gasteiger charge is 2.29. The normalized spacial score (nSPS) is 15.2. The average molecular weight is 821 g/mol. The van der Waals surface area contributed by atoms with Crippen LogP contribution in [0.1, 0.15) is 16.8 Å². The number of aliphatic hydroxyl groups is 1. The van der Waals surface area contributed by atoms with Gasteiger partial charge in [0, 0.05) is 28.6 Å². The second-order valence-electron chi connectivity index (χ2n) is 13.2.